The SMILES string of the molecule is C.CO[C@@H]1[C@H](NC(=O)N2CCN(CCO)CC2)CC[C@]2(CO2)[C@H]1[C@@]1(C)O[C@@H]1CC=C(C)C.CO[C@@H]1[C@H](NC(=O)N2CCN(CCOC(=O)CCC(=O)O)CC2)CC[C@]2(CO2)[C@H]1[C@@]1(C)O[C@@H]1CC=C(C)C.[HH]. The van der Waals surface area contributed by atoms with Crippen molar-refractivity contribution in [3.8, 4) is 0 Å². The standard InChI is InChI=1S/C27H43N3O8.C23H39N3O5.CH4.H2/c1-18(2)5-6-20-26(3,38-20)24-23(35-4)19(9-10-27(24)17-37-27)28-25(34)30-13-11-29(12-14-30)15-16-36-22(33)8-7-21(31)32;1-16(2)5-6-18-22(3,31-18)20-19(29-4)17(7-8-23(20)15-30-23)24-21(28)26-11-9-25(10-12-26)13-14-27;;/h5,19-20,23-24H,6-17H2,1-4H3,(H,28,34)(H,31,32);5,17-20,27H,6-15H2,1-4H3,(H,24,28);1H4;1H/t19-,20-,23-,24-,26+,27+;17-,18-,19-,20-,22+,23+;;/m11../s1. The monoisotopic (exact) mass is 993 g/mol. The van der Waals surface area contributed by atoms with Crippen molar-refractivity contribution in [2.45, 2.75) is 159 Å². The third kappa shape index (κ3) is 13.2. The summed E-state index contributed by atoms with van der Waals surface area (Å²) in [5.74, 6) is -1.38. The number of amides is 4. The molecular weight excluding hydrogens is 905 g/mol. The molecule has 6 saturated heterocycles. The van der Waals surface area contributed by atoms with Crippen molar-refractivity contribution in [2.75, 3.05) is 106 Å². The second kappa shape index (κ2) is 23.6. The number of aliphatic carboxylic acids is 1. The van der Waals surface area contributed by atoms with Gasteiger partial charge in [0.05, 0.1) is 80.4 Å². The quantitative estimate of drug-likeness (QED) is 0.0864. The first kappa shape index (κ1) is 55.9. The molecule has 70 heavy (non-hydrogen) atoms. The van der Waals surface area contributed by atoms with E-state index in [-0.39, 0.29) is 118 Å². The van der Waals surface area contributed by atoms with Crippen molar-refractivity contribution in [1.29, 1.82) is 0 Å². The highest BCUT2D eigenvalue weighted by Gasteiger charge is 2.73. The molecule has 0 aromatic heterocycles. The van der Waals surface area contributed by atoms with Gasteiger partial charge in [-0.05, 0) is 80.1 Å². The number of hydrogen-bond acceptors (Lipinski definition) is 14. The second-order valence-electron chi connectivity index (χ2n) is 21.4. The van der Waals surface area contributed by atoms with E-state index in [1.165, 1.54) is 11.1 Å². The number of urea groups is 2. The third-order valence-electron chi connectivity index (χ3n) is 16.2. The molecule has 8 aliphatic rings. The Labute approximate surface area is 417 Å². The van der Waals surface area contributed by atoms with Crippen LogP contribution < -0.4 is 10.6 Å². The highest BCUT2D eigenvalue weighted by molar-refractivity contribution is 5.76. The number of nitrogens with zero attached hydrogens (tertiary/aromatic N) is 4. The average molecular weight is 993 g/mol. The minimum absolute atomic E-state index is 0. The number of β-amino-alcohol motifs (C(OH)–C–C–N with tert-alkyl or cyclic N) is 1. The second-order valence-corrected chi connectivity index (χ2v) is 21.4. The van der Waals surface area contributed by atoms with E-state index in [4.69, 9.17) is 43.4 Å². The molecule has 4 amide bonds. The molecule has 2 aliphatic carbocycles. The predicted molar refractivity (Wildman–Crippen MR) is 263 cm³/mol. The molecule has 19 heteroatoms. The number of allylic oxidation sites excluding steroid dienone is 2. The van der Waals surface area contributed by atoms with Crippen LogP contribution in [0.25, 0.3) is 0 Å². The van der Waals surface area contributed by atoms with Gasteiger partial charge in [0.2, 0.25) is 0 Å². The summed E-state index contributed by atoms with van der Waals surface area (Å²) in [5.41, 5.74) is 1.55. The maximum absolute atomic E-state index is 13.2. The highest BCUT2D eigenvalue weighted by Crippen LogP contribution is 2.60. The number of carbonyl (C=O) groups is 4. The van der Waals surface area contributed by atoms with Crippen LogP contribution in [0.15, 0.2) is 23.3 Å². The van der Waals surface area contributed by atoms with Gasteiger partial charge in [-0.2, -0.15) is 0 Å². The van der Waals surface area contributed by atoms with Crippen LogP contribution in [0.3, 0.4) is 0 Å². The first-order valence-corrected chi connectivity index (χ1v) is 25.4. The van der Waals surface area contributed by atoms with Crippen LogP contribution in [0, 0.1) is 11.8 Å². The Hall–Kier alpha value is -3.40. The lowest BCUT2D eigenvalue weighted by molar-refractivity contribution is -0.148. The molecule has 0 radical (unpaired) electrons. The number of carbonyl (C=O) groups excluding carboxylic acids is 3. The fraction of sp³-hybridized carbons (Fsp3) is 0.843. The minimum atomic E-state index is -1.02. The summed E-state index contributed by atoms with van der Waals surface area (Å²) >= 11 is 0. The average Bonchev–Trinajstić information content (AvgIpc) is 4.21. The van der Waals surface area contributed by atoms with E-state index in [1.807, 2.05) is 9.80 Å². The summed E-state index contributed by atoms with van der Waals surface area (Å²) in [5, 5.41) is 24.3. The van der Waals surface area contributed by atoms with Crippen molar-refractivity contribution in [3.05, 3.63) is 23.3 Å². The molecule has 400 valence electrons. The van der Waals surface area contributed by atoms with E-state index in [1.54, 1.807) is 14.2 Å². The number of esters is 1. The van der Waals surface area contributed by atoms with Gasteiger partial charge in [0.15, 0.2) is 0 Å². The Bertz CT molecular complexity index is 1860. The zero-order chi connectivity index (χ0) is 49.7. The first-order chi connectivity index (χ1) is 32.9. The summed E-state index contributed by atoms with van der Waals surface area (Å²) in [4.78, 5) is 56.4. The molecular formula is C51H88N6O13. The molecule has 19 nitrogen and oxygen atoms in total. The van der Waals surface area contributed by atoms with Gasteiger partial charge in [-0.15, -0.1) is 0 Å². The summed E-state index contributed by atoms with van der Waals surface area (Å²) in [6.07, 6.45) is 9.24. The Kier molecular flexibility index (Phi) is 18.9. The number of carboxylic acids is 1. The van der Waals surface area contributed by atoms with E-state index >= 15 is 0 Å². The summed E-state index contributed by atoms with van der Waals surface area (Å²) in [6.45, 7) is 21.2. The molecule has 8 fully saturated rings. The Morgan fingerprint density at radius 3 is 1.46 bits per heavy atom. The molecule has 6 heterocycles. The van der Waals surface area contributed by atoms with Crippen LogP contribution in [0.2, 0.25) is 0 Å². The number of epoxide rings is 4. The Morgan fingerprint density at radius 2 is 1.10 bits per heavy atom. The number of hydrogen-bond donors (Lipinski definition) is 4. The van der Waals surface area contributed by atoms with Crippen molar-refractivity contribution >= 4 is 24.0 Å². The van der Waals surface area contributed by atoms with Crippen LogP contribution in [0.4, 0.5) is 9.59 Å². The van der Waals surface area contributed by atoms with Gasteiger partial charge in [0, 0.05) is 92.9 Å². The number of rotatable bonds is 18. The predicted octanol–water partition coefficient (Wildman–Crippen LogP) is 4.06. The molecule has 6 aliphatic heterocycles. The van der Waals surface area contributed by atoms with Crippen LogP contribution in [0.1, 0.15) is 102 Å². The molecule has 2 spiro atoms. The van der Waals surface area contributed by atoms with Gasteiger partial charge in [0.25, 0.3) is 0 Å². The maximum atomic E-state index is 13.2. The highest BCUT2D eigenvalue weighted by atomic mass is 16.6. The fourth-order valence-corrected chi connectivity index (χ4v) is 11.8. The van der Waals surface area contributed by atoms with Crippen LogP contribution in [0.5, 0.6) is 0 Å². The van der Waals surface area contributed by atoms with Crippen molar-refractivity contribution in [3.63, 3.8) is 0 Å². The Morgan fingerprint density at radius 1 is 0.686 bits per heavy atom. The molecule has 4 N–H and O–H groups in total. The number of aliphatic hydroxyl groups is 1. The summed E-state index contributed by atoms with van der Waals surface area (Å²) in [6, 6.07) is -0.296. The van der Waals surface area contributed by atoms with E-state index in [9.17, 15) is 19.2 Å². The molecule has 0 aromatic carbocycles. The van der Waals surface area contributed by atoms with Gasteiger partial charge >= 0.3 is 24.0 Å². The lowest BCUT2D eigenvalue weighted by Crippen LogP contribution is -2.61. The van der Waals surface area contributed by atoms with Crippen LogP contribution in [-0.2, 0) is 42.7 Å². The van der Waals surface area contributed by atoms with Gasteiger partial charge in [-0.3, -0.25) is 19.4 Å². The minimum Gasteiger partial charge on any atom is -0.481 e. The van der Waals surface area contributed by atoms with Crippen molar-refractivity contribution in [2.24, 2.45) is 11.8 Å². The molecule has 12 atom stereocenters. The van der Waals surface area contributed by atoms with E-state index < -0.39 is 11.9 Å². The van der Waals surface area contributed by atoms with Gasteiger partial charge < -0.3 is 63.8 Å². The maximum Gasteiger partial charge on any atom is 0.317 e. The molecule has 8 rings (SSSR count). The van der Waals surface area contributed by atoms with Crippen LogP contribution in [-0.4, -0.2) is 219 Å². The number of carboxylic acid groups (broad SMARTS) is 1. The lowest BCUT2D eigenvalue weighted by atomic mass is 9.67. The first-order valence-electron chi connectivity index (χ1n) is 25.4. The van der Waals surface area contributed by atoms with E-state index in [2.05, 4.69) is 74.1 Å². The number of piperazine rings is 2. The molecule has 0 aromatic rings. The largest absolute Gasteiger partial charge is 0.481 e. The lowest BCUT2D eigenvalue weighted by Gasteiger charge is -2.44. The number of ether oxygens (including phenoxy) is 7. The summed E-state index contributed by atoms with van der Waals surface area (Å²) in [7, 11) is 3.45. The number of methoxy groups -OCH3 is 2. The normalized spacial score (nSPS) is 36.4. The zero-order valence-electron chi connectivity index (χ0n) is 42.5. The molecule has 2 saturated carbocycles. The van der Waals surface area contributed by atoms with Crippen molar-refractivity contribution in [1.82, 2.24) is 30.2 Å². The number of nitrogens with one attached hydrogen (secondary N) is 2. The van der Waals surface area contributed by atoms with Gasteiger partial charge in [-0.1, -0.05) is 30.7 Å². The fourth-order valence-electron chi connectivity index (χ4n) is 11.8. The third-order valence-corrected chi connectivity index (χ3v) is 16.2. The smallest absolute Gasteiger partial charge is 0.317 e. The van der Waals surface area contributed by atoms with E-state index in [0.29, 0.717) is 59.0 Å². The van der Waals surface area contributed by atoms with Gasteiger partial charge in [0.1, 0.15) is 17.8 Å². The Balaban J connectivity index is 0.000000262. The molecule has 0 unspecified atom stereocenters. The van der Waals surface area contributed by atoms with Crippen LogP contribution >= 0.6 is 0 Å². The van der Waals surface area contributed by atoms with Gasteiger partial charge in [-0.25, -0.2) is 9.59 Å². The van der Waals surface area contributed by atoms with E-state index in [0.717, 1.165) is 58.2 Å². The molecule has 0 bridgehead atoms. The van der Waals surface area contributed by atoms with Crippen molar-refractivity contribution < 1.29 is 64.0 Å². The topological polar surface area (TPSA) is 224 Å². The zero-order valence-corrected chi connectivity index (χ0v) is 42.5. The number of aliphatic hydroxyl groups excluding tert-OH is 1. The summed E-state index contributed by atoms with van der Waals surface area (Å²) < 4.78 is 41.7.